The number of hydrogen-bond donors (Lipinski definition) is 1. The number of benzene rings is 2. The zero-order chi connectivity index (χ0) is 20.0. The average molecular weight is 376 g/mol. The second kappa shape index (κ2) is 8.36. The molecule has 0 fully saturated rings. The van der Waals surface area contributed by atoms with E-state index in [4.69, 9.17) is 5.26 Å². The van der Waals surface area contributed by atoms with E-state index in [-0.39, 0.29) is 12.0 Å². The van der Waals surface area contributed by atoms with Crippen molar-refractivity contribution in [2.45, 2.75) is 18.6 Å². The molecule has 0 aromatic heterocycles. The van der Waals surface area contributed by atoms with Crippen LogP contribution in [0.5, 0.6) is 0 Å². The second-order valence-electron chi connectivity index (χ2n) is 5.57. The highest BCUT2D eigenvalue weighted by Gasteiger charge is 2.35. The fourth-order valence-corrected chi connectivity index (χ4v) is 2.53. The quantitative estimate of drug-likeness (QED) is 0.814. The molecule has 0 spiro atoms. The van der Waals surface area contributed by atoms with Crippen LogP contribution in [0.4, 0.5) is 13.2 Å². The van der Waals surface area contributed by atoms with Crippen molar-refractivity contribution in [1.82, 2.24) is 5.32 Å². The van der Waals surface area contributed by atoms with Gasteiger partial charge in [-0.2, -0.15) is 18.4 Å². The van der Waals surface area contributed by atoms with Gasteiger partial charge in [-0.25, -0.2) is 4.79 Å². The van der Waals surface area contributed by atoms with Crippen LogP contribution in [0, 0.1) is 11.3 Å². The number of alkyl halides is 3. The standard InChI is InChI=1S/C19H15F3N2O3/c1-27-18(26)16(10-12-6-2-3-7-13(12)11-23)24-17(25)14-8-4-5-9-15(14)19(20,21)22/h2-9,16H,10H2,1H3,(H,24,25)/t16-/m1/s1. The van der Waals surface area contributed by atoms with E-state index in [0.717, 1.165) is 19.2 Å². The first-order valence-corrected chi connectivity index (χ1v) is 7.81. The smallest absolute Gasteiger partial charge is 0.417 e. The SMILES string of the molecule is COC(=O)[C@@H](Cc1ccccc1C#N)NC(=O)c1ccccc1C(F)(F)F. The molecule has 140 valence electrons. The summed E-state index contributed by atoms with van der Waals surface area (Å²) in [5.74, 6) is -1.90. The molecular formula is C19H15F3N2O3. The molecule has 1 atom stereocenters. The Bertz CT molecular complexity index is 888. The summed E-state index contributed by atoms with van der Waals surface area (Å²) in [5, 5.41) is 11.4. The molecule has 8 heteroatoms. The number of hydrogen-bond acceptors (Lipinski definition) is 4. The summed E-state index contributed by atoms with van der Waals surface area (Å²) in [5.41, 5.74) is -0.966. The number of nitrogens with one attached hydrogen (secondary N) is 1. The van der Waals surface area contributed by atoms with Crippen LogP contribution >= 0.6 is 0 Å². The first-order valence-electron chi connectivity index (χ1n) is 7.81. The summed E-state index contributed by atoms with van der Waals surface area (Å²) in [6.45, 7) is 0. The minimum absolute atomic E-state index is 0.101. The van der Waals surface area contributed by atoms with E-state index >= 15 is 0 Å². The Hall–Kier alpha value is -3.34. The Labute approximate surface area is 153 Å². The Morgan fingerprint density at radius 1 is 1.15 bits per heavy atom. The van der Waals surface area contributed by atoms with E-state index in [0.29, 0.717) is 5.56 Å². The van der Waals surface area contributed by atoms with Crippen LogP contribution in [0.25, 0.3) is 0 Å². The Kier molecular flexibility index (Phi) is 6.19. The molecule has 2 rings (SSSR count). The van der Waals surface area contributed by atoms with Gasteiger partial charge in [-0.15, -0.1) is 0 Å². The van der Waals surface area contributed by atoms with Crippen LogP contribution in [0.3, 0.4) is 0 Å². The number of carbonyl (C=O) groups is 2. The van der Waals surface area contributed by atoms with Gasteiger partial charge in [0.2, 0.25) is 0 Å². The Balaban J connectivity index is 2.31. The molecule has 0 heterocycles. The lowest BCUT2D eigenvalue weighted by Gasteiger charge is -2.19. The van der Waals surface area contributed by atoms with Crippen molar-refractivity contribution >= 4 is 11.9 Å². The number of carbonyl (C=O) groups excluding carboxylic acids is 2. The van der Waals surface area contributed by atoms with Gasteiger partial charge in [-0.3, -0.25) is 4.79 Å². The van der Waals surface area contributed by atoms with E-state index in [9.17, 15) is 22.8 Å². The molecule has 0 bridgehead atoms. The highest BCUT2D eigenvalue weighted by molar-refractivity contribution is 5.98. The van der Waals surface area contributed by atoms with E-state index in [1.807, 2.05) is 6.07 Å². The Morgan fingerprint density at radius 3 is 2.41 bits per heavy atom. The molecule has 27 heavy (non-hydrogen) atoms. The molecule has 0 aliphatic rings. The van der Waals surface area contributed by atoms with Gasteiger partial charge in [0.15, 0.2) is 0 Å². The topological polar surface area (TPSA) is 79.2 Å². The minimum atomic E-state index is -4.72. The summed E-state index contributed by atoms with van der Waals surface area (Å²) in [4.78, 5) is 24.4. The summed E-state index contributed by atoms with van der Waals surface area (Å²) in [7, 11) is 1.10. The molecule has 0 aliphatic heterocycles. The molecule has 0 radical (unpaired) electrons. The van der Waals surface area contributed by atoms with Crippen molar-refractivity contribution in [2.24, 2.45) is 0 Å². The summed E-state index contributed by atoms with van der Waals surface area (Å²) >= 11 is 0. The number of rotatable bonds is 5. The molecule has 0 aliphatic carbocycles. The van der Waals surface area contributed by atoms with Crippen molar-refractivity contribution < 1.29 is 27.5 Å². The predicted octanol–water partition coefficient (Wildman–Crippen LogP) is 3.09. The number of nitriles is 1. The highest BCUT2D eigenvalue weighted by atomic mass is 19.4. The maximum absolute atomic E-state index is 13.1. The summed E-state index contributed by atoms with van der Waals surface area (Å²) < 4.78 is 44.0. The lowest BCUT2D eigenvalue weighted by molar-refractivity contribution is -0.142. The summed E-state index contributed by atoms with van der Waals surface area (Å²) in [6, 6.07) is 11.4. The van der Waals surface area contributed by atoms with Crippen LogP contribution in [-0.4, -0.2) is 25.0 Å². The van der Waals surface area contributed by atoms with Gasteiger partial charge in [0.1, 0.15) is 6.04 Å². The molecule has 5 nitrogen and oxygen atoms in total. The molecular weight excluding hydrogens is 361 g/mol. The molecule has 2 aromatic carbocycles. The van der Waals surface area contributed by atoms with Gasteiger partial charge in [-0.05, 0) is 23.8 Å². The zero-order valence-corrected chi connectivity index (χ0v) is 14.2. The number of methoxy groups -OCH3 is 1. The molecule has 1 N–H and O–H groups in total. The van der Waals surface area contributed by atoms with Crippen molar-refractivity contribution in [2.75, 3.05) is 7.11 Å². The van der Waals surface area contributed by atoms with Crippen LogP contribution in [0.15, 0.2) is 48.5 Å². The average Bonchev–Trinajstić information content (AvgIpc) is 2.66. The third-order valence-electron chi connectivity index (χ3n) is 3.83. The third-order valence-corrected chi connectivity index (χ3v) is 3.83. The van der Waals surface area contributed by atoms with Gasteiger partial charge in [0.05, 0.1) is 29.9 Å². The number of esters is 1. The fourth-order valence-electron chi connectivity index (χ4n) is 2.53. The lowest BCUT2D eigenvalue weighted by atomic mass is 10.00. The van der Waals surface area contributed by atoms with Crippen LogP contribution < -0.4 is 5.32 Å². The van der Waals surface area contributed by atoms with Crippen molar-refractivity contribution in [3.8, 4) is 6.07 Å². The minimum Gasteiger partial charge on any atom is -0.467 e. The second-order valence-corrected chi connectivity index (χ2v) is 5.57. The van der Waals surface area contributed by atoms with E-state index in [1.54, 1.807) is 18.2 Å². The largest absolute Gasteiger partial charge is 0.467 e. The van der Waals surface area contributed by atoms with E-state index in [2.05, 4.69) is 10.1 Å². The number of ether oxygens (including phenoxy) is 1. The van der Waals surface area contributed by atoms with Crippen LogP contribution in [0.2, 0.25) is 0 Å². The molecule has 0 saturated carbocycles. The lowest BCUT2D eigenvalue weighted by Crippen LogP contribution is -2.43. The fraction of sp³-hybridized carbons (Fsp3) is 0.211. The summed E-state index contributed by atoms with van der Waals surface area (Å²) in [6.07, 6.45) is -4.82. The maximum atomic E-state index is 13.1. The maximum Gasteiger partial charge on any atom is 0.417 e. The van der Waals surface area contributed by atoms with Gasteiger partial charge >= 0.3 is 12.1 Å². The van der Waals surface area contributed by atoms with Crippen molar-refractivity contribution in [3.63, 3.8) is 0 Å². The molecule has 1 amide bonds. The Morgan fingerprint density at radius 2 is 1.78 bits per heavy atom. The van der Waals surface area contributed by atoms with E-state index in [1.165, 1.54) is 18.2 Å². The van der Waals surface area contributed by atoms with Gasteiger partial charge in [0.25, 0.3) is 5.91 Å². The third kappa shape index (κ3) is 4.85. The van der Waals surface area contributed by atoms with Gasteiger partial charge < -0.3 is 10.1 Å². The highest BCUT2D eigenvalue weighted by Crippen LogP contribution is 2.31. The van der Waals surface area contributed by atoms with Gasteiger partial charge in [0, 0.05) is 6.42 Å². The predicted molar refractivity (Wildman–Crippen MR) is 89.6 cm³/mol. The van der Waals surface area contributed by atoms with Crippen LogP contribution in [0.1, 0.15) is 27.0 Å². The molecule has 2 aromatic rings. The number of amides is 1. The number of nitrogens with zero attached hydrogens (tertiary/aromatic N) is 1. The van der Waals surface area contributed by atoms with Gasteiger partial charge in [-0.1, -0.05) is 30.3 Å². The van der Waals surface area contributed by atoms with Crippen LogP contribution in [-0.2, 0) is 22.1 Å². The monoisotopic (exact) mass is 376 g/mol. The molecule has 0 unspecified atom stereocenters. The van der Waals surface area contributed by atoms with E-state index < -0.39 is 35.2 Å². The number of halogens is 3. The zero-order valence-electron chi connectivity index (χ0n) is 14.2. The normalized spacial score (nSPS) is 12.0. The first-order chi connectivity index (χ1) is 12.8. The molecule has 0 saturated heterocycles. The van der Waals surface area contributed by atoms with Crippen molar-refractivity contribution in [1.29, 1.82) is 5.26 Å². The first kappa shape index (κ1) is 20.0. The van der Waals surface area contributed by atoms with Crippen molar-refractivity contribution in [3.05, 3.63) is 70.8 Å².